The second-order valence-corrected chi connectivity index (χ2v) is 9.48. The Hall–Kier alpha value is -3.04. The molecule has 1 heterocycles. The van der Waals surface area contributed by atoms with E-state index in [9.17, 15) is 13.2 Å². The molecule has 0 unspecified atom stereocenters. The van der Waals surface area contributed by atoms with Crippen LogP contribution < -0.4 is 14.2 Å². The van der Waals surface area contributed by atoms with Crippen molar-refractivity contribution in [1.29, 1.82) is 0 Å². The molecule has 0 fully saturated rings. The standard InChI is InChI=1S/C23H28N2O6S/c1-5-25(16-18-7-9-19-21(14-18)31-13-12-30-19)23(26)11-8-17-6-10-20(29-4)22(15-17)32(27,28)24(2)3/h6-11,14-15H,5,12-13,16H2,1-4H3/b11-8+. The summed E-state index contributed by atoms with van der Waals surface area (Å²) in [5, 5.41) is 0. The number of carbonyl (C=O) groups is 1. The van der Waals surface area contributed by atoms with Crippen LogP contribution in [0.5, 0.6) is 17.2 Å². The van der Waals surface area contributed by atoms with E-state index in [4.69, 9.17) is 14.2 Å². The Labute approximate surface area is 189 Å². The number of methoxy groups -OCH3 is 1. The lowest BCUT2D eigenvalue weighted by Crippen LogP contribution is -2.28. The van der Waals surface area contributed by atoms with E-state index in [2.05, 4.69) is 0 Å². The Morgan fingerprint density at radius 1 is 1.09 bits per heavy atom. The molecule has 9 heteroatoms. The van der Waals surface area contributed by atoms with Crippen LogP contribution in [0.4, 0.5) is 0 Å². The summed E-state index contributed by atoms with van der Waals surface area (Å²) in [7, 11) is 0.636. The first-order valence-corrected chi connectivity index (χ1v) is 11.7. The molecule has 0 bridgehead atoms. The van der Waals surface area contributed by atoms with Gasteiger partial charge in [-0.25, -0.2) is 12.7 Å². The van der Waals surface area contributed by atoms with Crippen LogP contribution in [0.3, 0.4) is 0 Å². The lowest BCUT2D eigenvalue weighted by Gasteiger charge is -2.22. The number of likely N-dealkylation sites (N-methyl/N-ethyl adjacent to an activating group) is 1. The Morgan fingerprint density at radius 2 is 1.81 bits per heavy atom. The fourth-order valence-corrected chi connectivity index (χ4v) is 4.30. The lowest BCUT2D eigenvalue weighted by atomic mass is 10.1. The summed E-state index contributed by atoms with van der Waals surface area (Å²) in [6.07, 6.45) is 3.04. The summed E-state index contributed by atoms with van der Waals surface area (Å²) >= 11 is 0. The lowest BCUT2D eigenvalue weighted by molar-refractivity contribution is -0.126. The SMILES string of the molecule is CCN(Cc1ccc2c(c1)OCCO2)C(=O)/C=C/c1ccc(OC)c(S(=O)(=O)N(C)C)c1. The molecule has 1 aliphatic heterocycles. The van der Waals surface area contributed by atoms with Crippen molar-refractivity contribution in [3.05, 3.63) is 53.6 Å². The topological polar surface area (TPSA) is 85.4 Å². The van der Waals surface area contributed by atoms with Crippen molar-refractivity contribution in [3.8, 4) is 17.2 Å². The van der Waals surface area contributed by atoms with Crippen LogP contribution in [-0.4, -0.2) is 64.5 Å². The first-order valence-electron chi connectivity index (χ1n) is 10.2. The first-order chi connectivity index (χ1) is 15.3. The van der Waals surface area contributed by atoms with Crippen LogP contribution in [0.1, 0.15) is 18.1 Å². The van der Waals surface area contributed by atoms with E-state index >= 15 is 0 Å². The molecule has 8 nitrogen and oxygen atoms in total. The third-order valence-electron chi connectivity index (χ3n) is 5.04. The van der Waals surface area contributed by atoms with Crippen molar-refractivity contribution in [1.82, 2.24) is 9.21 Å². The number of carbonyl (C=O) groups excluding carboxylic acids is 1. The van der Waals surface area contributed by atoms with E-state index in [0.29, 0.717) is 43.4 Å². The minimum Gasteiger partial charge on any atom is -0.495 e. The monoisotopic (exact) mass is 460 g/mol. The van der Waals surface area contributed by atoms with Crippen LogP contribution in [0, 0.1) is 0 Å². The fraction of sp³-hybridized carbons (Fsp3) is 0.348. The van der Waals surface area contributed by atoms with Gasteiger partial charge in [0.15, 0.2) is 11.5 Å². The maximum Gasteiger partial charge on any atom is 0.246 e. The van der Waals surface area contributed by atoms with Gasteiger partial charge >= 0.3 is 0 Å². The van der Waals surface area contributed by atoms with Gasteiger partial charge in [-0.1, -0.05) is 12.1 Å². The zero-order valence-electron chi connectivity index (χ0n) is 18.7. The Morgan fingerprint density at radius 3 is 2.47 bits per heavy atom. The Kier molecular flexibility index (Phi) is 7.42. The summed E-state index contributed by atoms with van der Waals surface area (Å²) in [5.74, 6) is 1.45. The van der Waals surface area contributed by atoms with Crippen molar-refractivity contribution < 1.29 is 27.4 Å². The van der Waals surface area contributed by atoms with Gasteiger partial charge in [-0.15, -0.1) is 0 Å². The first kappa shape index (κ1) is 23.6. The third kappa shape index (κ3) is 5.23. The number of benzene rings is 2. The third-order valence-corrected chi connectivity index (χ3v) is 6.87. The van der Waals surface area contributed by atoms with Gasteiger partial charge in [0.2, 0.25) is 15.9 Å². The number of amides is 1. The molecule has 2 aromatic rings. The number of ether oxygens (including phenoxy) is 3. The average molecular weight is 461 g/mol. The van der Waals surface area contributed by atoms with Crippen molar-refractivity contribution in [3.63, 3.8) is 0 Å². The Balaban J connectivity index is 1.77. The van der Waals surface area contributed by atoms with Crippen molar-refractivity contribution >= 4 is 22.0 Å². The highest BCUT2D eigenvalue weighted by atomic mass is 32.2. The molecule has 3 rings (SSSR count). The van der Waals surface area contributed by atoms with Crippen LogP contribution in [0.2, 0.25) is 0 Å². The van der Waals surface area contributed by atoms with E-state index in [1.165, 1.54) is 33.3 Å². The highest BCUT2D eigenvalue weighted by Crippen LogP contribution is 2.31. The molecule has 172 valence electrons. The molecule has 0 N–H and O–H groups in total. The molecule has 0 atom stereocenters. The van der Waals surface area contributed by atoms with Crippen LogP contribution in [0.15, 0.2) is 47.4 Å². The van der Waals surface area contributed by atoms with Crippen molar-refractivity contribution in [2.75, 3.05) is 41.0 Å². The zero-order valence-corrected chi connectivity index (χ0v) is 19.5. The summed E-state index contributed by atoms with van der Waals surface area (Å²) in [6, 6.07) is 10.4. The van der Waals surface area contributed by atoms with Gasteiger partial charge in [-0.05, 0) is 48.4 Å². The smallest absolute Gasteiger partial charge is 0.246 e. The molecule has 1 amide bonds. The van der Waals surface area contributed by atoms with E-state index in [1.54, 1.807) is 23.1 Å². The predicted molar refractivity (Wildman–Crippen MR) is 121 cm³/mol. The van der Waals surface area contributed by atoms with Crippen LogP contribution in [-0.2, 0) is 21.4 Å². The normalized spacial score (nSPS) is 13.4. The number of sulfonamides is 1. The van der Waals surface area contributed by atoms with Crippen molar-refractivity contribution in [2.24, 2.45) is 0 Å². The molecule has 0 aliphatic carbocycles. The van der Waals surface area contributed by atoms with E-state index in [0.717, 1.165) is 9.87 Å². The molecule has 0 radical (unpaired) electrons. The van der Waals surface area contributed by atoms with Gasteiger partial charge < -0.3 is 19.1 Å². The molecule has 0 aromatic heterocycles. The molecule has 2 aromatic carbocycles. The van der Waals surface area contributed by atoms with Crippen molar-refractivity contribution in [2.45, 2.75) is 18.4 Å². The summed E-state index contributed by atoms with van der Waals surface area (Å²) in [4.78, 5) is 14.5. The summed E-state index contributed by atoms with van der Waals surface area (Å²) in [6.45, 7) is 3.86. The summed E-state index contributed by atoms with van der Waals surface area (Å²) in [5.41, 5.74) is 1.51. The fourth-order valence-electron chi connectivity index (χ4n) is 3.22. The predicted octanol–water partition coefficient (Wildman–Crippen LogP) is 2.78. The molecule has 0 saturated carbocycles. The van der Waals surface area contributed by atoms with Crippen LogP contribution >= 0.6 is 0 Å². The minimum atomic E-state index is -3.69. The second-order valence-electron chi connectivity index (χ2n) is 7.36. The maximum absolute atomic E-state index is 12.8. The molecule has 32 heavy (non-hydrogen) atoms. The summed E-state index contributed by atoms with van der Waals surface area (Å²) < 4.78 is 42.7. The largest absolute Gasteiger partial charge is 0.495 e. The molecule has 1 aliphatic rings. The number of nitrogens with zero attached hydrogens (tertiary/aromatic N) is 2. The highest BCUT2D eigenvalue weighted by molar-refractivity contribution is 7.89. The molecule has 0 spiro atoms. The van der Waals surface area contributed by atoms with Gasteiger partial charge in [0.05, 0.1) is 7.11 Å². The number of fused-ring (bicyclic) bond motifs is 1. The number of hydrogen-bond acceptors (Lipinski definition) is 6. The van der Waals surface area contributed by atoms with Gasteiger partial charge in [-0.3, -0.25) is 4.79 Å². The molecular formula is C23H28N2O6S. The van der Waals surface area contributed by atoms with E-state index in [-0.39, 0.29) is 16.6 Å². The van der Waals surface area contributed by atoms with Gasteiger partial charge in [0, 0.05) is 33.3 Å². The molecular weight excluding hydrogens is 432 g/mol. The minimum absolute atomic E-state index is 0.0447. The average Bonchev–Trinajstić information content (AvgIpc) is 2.80. The quantitative estimate of drug-likeness (QED) is 0.563. The maximum atomic E-state index is 12.8. The highest BCUT2D eigenvalue weighted by Gasteiger charge is 2.22. The van der Waals surface area contributed by atoms with Gasteiger partial charge in [-0.2, -0.15) is 0 Å². The van der Waals surface area contributed by atoms with Gasteiger partial charge in [0.25, 0.3) is 0 Å². The molecule has 0 saturated heterocycles. The number of rotatable bonds is 8. The second kappa shape index (κ2) is 10.1. The van der Waals surface area contributed by atoms with Crippen LogP contribution in [0.25, 0.3) is 6.08 Å². The van der Waals surface area contributed by atoms with E-state index in [1.807, 2.05) is 25.1 Å². The van der Waals surface area contributed by atoms with Gasteiger partial charge in [0.1, 0.15) is 23.9 Å². The zero-order chi connectivity index (χ0) is 23.3. The number of hydrogen-bond donors (Lipinski definition) is 0. The Bertz CT molecular complexity index is 1110. The van der Waals surface area contributed by atoms with E-state index < -0.39 is 10.0 Å².